The molecule has 0 radical (unpaired) electrons. The Balaban J connectivity index is 2.49. The molecular formula is C10H8ClF2N3O. The number of aromatic nitrogens is 2. The van der Waals surface area contributed by atoms with Gasteiger partial charge in [-0.1, -0.05) is 16.8 Å². The van der Waals surface area contributed by atoms with E-state index in [1.807, 2.05) is 0 Å². The number of nitrogens with zero attached hydrogens (tertiary/aromatic N) is 2. The first-order chi connectivity index (χ1) is 7.99. The van der Waals surface area contributed by atoms with E-state index in [4.69, 9.17) is 21.9 Å². The molecule has 1 aromatic carbocycles. The second-order valence-corrected chi connectivity index (χ2v) is 3.90. The Labute approximate surface area is 100 Å². The standard InChI is InChI=1S/C10H8ClF2N3O/c1-4(14)9-15-10(17-16-9)5-2-8(13)6(11)3-7(5)12/h2-4H,14H2,1H3. The average Bonchev–Trinajstić information content (AvgIpc) is 2.72. The van der Waals surface area contributed by atoms with E-state index in [1.165, 1.54) is 0 Å². The van der Waals surface area contributed by atoms with Crippen LogP contribution in [-0.2, 0) is 0 Å². The van der Waals surface area contributed by atoms with Gasteiger partial charge in [-0.05, 0) is 19.1 Å². The fraction of sp³-hybridized carbons (Fsp3) is 0.200. The van der Waals surface area contributed by atoms with Gasteiger partial charge in [0.2, 0.25) is 0 Å². The van der Waals surface area contributed by atoms with Crippen LogP contribution in [0.4, 0.5) is 8.78 Å². The molecule has 0 saturated carbocycles. The highest BCUT2D eigenvalue weighted by Gasteiger charge is 2.17. The van der Waals surface area contributed by atoms with Crippen LogP contribution in [-0.4, -0.2) is 10.1 Å². The summed E-state index contributed by atoms with van der Waals surface area (Å²) in [5.41, 5.74) is 5.38. The molecule has 0 fully saturated rings. The third kappa shape index (κ3) is 2.27. The van der Waals surface area contributed by atoms with Gasteiger partial charge in [0.05, 0.1) is 16.6 Å². The van der Waals surface area contributed by atoms with E-state index >= 15 is 0 Å². The molecule has 1 unspecified atom stereocenters. The number of hydrogen-bond donors (Lipinski definition) is 1. The van der Waals surface area contributed by atoms with Crippen molar-refractivity contribution < 1.29 is 13.3 Å². The molecule has 0 bridgehead atoms. The van der Waals surface area contributed by atoms with Gasteiger partial charge in [0.25, 0.3) is 5.89 Å². The zero-order valence-electron chi connectivity index (χ0n) is 8.75. The summed E-state index contributed by atoms with van der Waals surface area (Å²) in [5, 5.41) is 3.24. The highest BCUT2D eigenvalue weighted by atomic mass is 35.5. The van der Waals surface area contributed by atoms with E-state index in [9.17, 15) is 8.78 Å². The van der Waals surface area contributed by atoms with Crippen molar-refractivity contribution in [3.63, 3.8) is 0 Å². The van der Waals surface area contributed by atoms with E-state index in [-0.39, 0.29) is 22.3 Å². The third-order valence-electron chi connectivity index (χ3n) is 2.09. The number of halogens is 3. The monoisotopic (exact) mass is 259 g/mol. The lowest BCUT2D eigenvalue weighted by atomic mass is 10.2. The van der Waals surface area contributed by atoms with Crippen LogP contribution in [0.1, 0.15) is 18.8 Å². The van der Waals surface area contributed by atoms with E-state index in [0.717, 1.165) is 12.1 Å². The fourth-order valence-corrected chi connectivity index (χ4v) is 1.37. The van der Waals surface area contributed by atoms with Crippen LogP contribution in [0.3, 0.4) is 0 Å². The molecule has 0 saturated heterocycles. The predicted octanol–water partition coefficient (Wildman–Crippen LogP) is 2.69. The van der Waals surface area contributed by atoms with Crippen molar-refractivity contribution in [1.29, 1.82) is 0 Å². The fourth-order valence-electron chi connectivity index (χ4n) is 1.22. The van der Waals surface area contributed by atoms with Gasteiger partial charge in [0.15, 0.2) is 5.82 Å². The second-order valence-electron chi connectivity index (χ2n) is 3.49. The minimum absolute atomic E-state index is 0.134. The largest absolute Gasteiger partial charge is 0.334 e. The maximum Gasteiger partial charge on any atom is 0.261 e. The number of benzene rings is 1. The molecule has 0 aliphatic rings. The maximum atomic E-state index is 13.5. The number of hydrogen-bond acceptors (Lipinski definition) is 4. The van der Waals surface area contributed by atoms with E-state index in [1.54, 1.807) is 6.92 Å². The zero-order chi connectivity index (χ0) is 12.6. The molecule has 2 rings (SSSR count). The number of rotatable bonds is 2. The Kier molecular flexibility index (Phi) is 3.08. The van der Waals surface area contributed by atoms with Gasteiger partial charge in [-0.15, -0.1) is 0 Å². The van der Waals surface area contributed by atoms with Crippen molar-refractivity contribution in [2.45, 2.75) is 13.0 Å². The lowest BCUT2D eigenvalue weighted by Crippen LogP contribution is -2.06. The summed E-state index contributed by atoms with van der Waals surface area (Å²) in [6.45, 7) is 1.65. The van der Waals surface area contributed by atoms with Crippen LogP contribution in [0.2, 0.25) is 5.02 Å². The van der Waals surface area contributed by atoms with Gasteiger partial charge in [0, 0.05) is 0 Å². The van der Waals surface area contributed by atoms with Crippen LogP contribution < -0.4 is 5.73 Å². The van der Waals surface area contributed by atoms with Crippen LogP contribution in [0, 0.1) is 11.6 Å². The van der Waals surface area contributed by atoms with Crippen LogP contribution in [0.5, 0.6) is 0 Å². The van der Waals surface area contributed by atoms with Gasteiger partial charge in [-0.3, -0.25) is 0 Å². The minimum Gasteiger partial charge on any atom is -0.334 e. The van der Waals surface area contributed by atoms with Crippen LogP contribution >= 0.6 is 11.6 Å². The molecular weight excluding hydrogens is 252 g/mol. The summed E-state index contributed by atoms with van der Waals surface area (Å²) in [5.74, 6) is -1.42. The van der Waals surface area contributed by atoms with Crippen molar-refractivity contribution in [3.8, 4) is 11.5 Å². The van der Waals surface area contributed by atoms with E-state index in [0.29, 0.717) is 0 Å². The molecule has 0 aliphatic carbocycles. The average molecular weight is 260 g/mol. The molecule has 4 nitrogen and oxygen atoms in total. The molecule has 1 aromatic heterocycles. The molecule has 0 amide bonds. The third-order valence-corrected chi connectivity index (χ3v) is 2.38. The predicted molar refractivity (Wildman–Crippen MR) is 57.3 cm³/mol. The molecule has 90 valence electrons. The van der Waals surface area contributed by atoms with E-state index in [2.05, 4.69) is 10.1 Å². The lowest BCUT2D eigenvalue weighted by Gasteiger charge is -1.99. The highest BCUT2D eigenvalue weighted by molar-refractivity contribution is 6.30. The molecule has 1 atom stereocenters. The molecule has 2 N–H and O–H groups in total. The molecule has 7 heteroatoms. The quantitative estimate of drug-likeness (QED) is 0.842. The summed E-state index contributed by atoms with van der Waals surface area (Å²) in [6.07, 6.45) is 0. The van der Waals surface area contributed by atoms with Crippen LogP contribution in [0.15, 0.2) is 16.7 Å². The zero-order valence-corrected chi connectivity index (χ0v) is 9.50. The van der Waals surface area contributed by atoms with Gasteiger partial charge >= 0.3 is 0 Å². The molecule has 0 spiro atoms. The molecule has 1 heterocycles. The Morgan fingerprint density at radius 1 is 1.35 bits per heavy atom. The number of nitrogens with two attached hydrogens (primary N) is 1. The van der Waals surface area contributed by atoms with Crippen molar-refractivity contribution in [1.82, 2.24) is 10.1 Å². The second kappa shape index (κ2) is 4.38. The van der Waals surface area contributed by atoms with Gasteiger partial charge in [0.1, 0.15) is 11.6 Å². The Hall–Kier alpha value is -1.53. The maximum absolute atomic E-state index is 13.5. The van der Waals surface area contributed by atoms with Crippen molar-refractivity contribution >= 4 is 11.6 Å². The van der Waals surface area contributed by atoms with Gasteiger partial charge < -0.3 is 10.3 Å². The van der Waals surface area contributed by atoms with Crippen molar-refractivity contribution in [2.75, 3.05) is 0 Å². The normalized spacial score (nSPS) is 12.8. The molecule has 0 aliphatic heterocycles. The van der Waals surface area contributed by atoms with Crippen molar-refractivity contribution in [2.24, 2.45) is 5.73 Å². The van der Waals surface area contributed by atoms with Gasteiger partial charge in [-0.25, -0.2) is 8.78 Å². The van der Waals surface area contributed by atoms with Crippen molar-refractivity contribution in [3.05, 3.63) is 34.6 Å². The highest BCUT2D eigenvalue weighted by Crippen LogP contribution is 2.27. The summed E-state index contributed by atoms with van der Waals surface area (Å²) in [4.78, 5) is 3.86. The molecule has 17 heavy (non-hydrogen) atoms. The Morgan fingerprint density at radius 3 is 2.65 bits per heavy atom. The first-order valence-electron chi connectivity index (χ1n) is 4.73. The van der Waals surface area contributed by atoms with Crippen LogP contribution in [0.25, 0.3) is 11.5 Å². The van der Waals surface area contributed by atoms with E-state index < -0.39 is 17.7 Å². The lowest BCUT2D eigenvalue weighted by molar-refractivity contribution is 0.415. The summed E-state index contributed by atoms with van der Waals surface area (Å²) >= 11 is 5.43. The SMILES string of the molecule is CC(N)c1noc(-c2cc(F)c(Cl)cc2F)n1. The Bertz CT molecular complexity index is 556. The first kappa shape index (κ1) is 11.9. The topological polar surface area (TPSA) is 64.9 Å². The smallest absolute Gasteiger partial charge is 0.261 e. The first-order valence-corrected chi connectivity index (χ1v) is 5.11. The summed E-state index contributed by atoms with van der Waals surface area (Å²) in [6, 6.07) is 1.30. The summed E-state index contributed by atoms with van der Waals surface area (Å²) in [7, 11) is 0. The van der Waals surface area contributed by atoms with Gasteiger partial charge in [-0.2, -0.15) is 4.98 Å². The Morgan fingerprint density at radius 2 is 2.06 bits per heavy atom. The summed E-state index contributed by atoms with van der Waals surface area (Å²) < 4.78 is 31.5. The molecule has 2 aromatic rings. The minimum atomic E-state index is -0.761.